The molecule has 0 radical (unpaired) electrons. The topological polar surface area (TPSA) is 16.4 Å². The summed E-state index contributed by atoms with van der Waals surface area (Å²) in [6, 6.07) is 18.5. The Kier molecular flexibility index (Phi) is 2.84. The zero-order valence-corrected chi connectivity index (χ0v) is 12.6. The molecule has 0 saturated carbocycles. The number of nitrogens with zero attached hydrogens (tertiary/aromatic N) is 1. The molecule has 2 heterocycles. The lowest BCUT2D eigenvalue weighted by molar-refractivity contribution is 0.264. The molecule has 4 rings (SSSR count). The Bertz CT molecular complexity index is 777. The number of hydrogen-bond donors (Lipinski definition) is 0. The number of rotatable bonds is 1. The maximum absolute atomic E-state index is 7.06. The summed E-state index contributed by atoms with van der Waals surface area (Å²) in [5.41, 5.74) is 3.31. The van der Waals surface area contributed by atoms with Gasteiger partial charge in [-0.3, -0.25) is 4.90 Å². The van der Waals surface area contributed by atoms with Crippen molar-refractivity contribution < 1.29 is 4.42 Å². The van der Waals surface area contributed by atoms with Crippen LogP contribution in [0.25, 0.3) is 11.0 Å². The average molecular weight is 298 g/mol. The van der Waals surface area contributed by atoms with Gasteiger partial charge in [0.15, 0.2) is 0 Å². The van der Waals surface area contributed by atoms with Crippen molar-refractivity contribution in [1.29, 1.82) is 0 Å². The van der Waals surface area contributed by atoms with Crippen molar-refractivity contribution in [2.45, 2.75) is 11.4 Å². The van der Waals surface area contributed by atoms with E-state index in [9.17, 15) is 0 Å². The predicted octanol–water partition coefficient (Wildman–Crippen LogP) is 4.36. The molecule has 106 valence electrons. The molecule has 0 bridgehead atoms. The molecule has 0 spiro atoms. The van der Waals surface area contributed by atoms with E-state index in [2.05, 4.69) is 42.3 Å². The molecular formula is C18H16ClNO. The second-order valence-corrected chi connectivity index (χ2v) is 6.42. The first kappa shape index (κ1) is 12.9. The molecule has 1 aliphatic heterocycles. The Labute approximate surface area is 128 Å². The van der Waals surface area contributed by atoms with E-state index < -0.39 is 4.87 Å². The van der Waals surface area contributed by atoms with Crippen LogP contribution >= 0.6 is 11.6 Å². The van der Waals surface area contributed by atoms with Crippen LogP contribution in [0.4, 0.5) is 0 Å². The van der Waals surface area contributed by atoms with Gasteiger partial charge in [0.1, 0.15) is 16.2 Å². The SMILES string of the molecule is CN1Cc2ccccc2C(Cl)(c2cc3ccccc3o2)C1. The van der Waals surface area contributed by atoms with Crippen LogP contribution in [0.5, 0.6) is 0 Å². The van der Waals surface area contributed by atoms with Gasteiger partial charge < -0.3 is 4.42 Å². The van der Waals surface area contributed by atoms with Crippen molar-refractivity contribution in [1.82, 2.24) is 4.90 Å². The number of fused-ring (bicyclic) bond motifs is 2. The maximum Gasteiger partial charge on any atom is 0.140 e. The van der Waals surface area contributed by atoms with E-state index in [1.165, 1.54) is 5.56 Å². The molecule has 0 N–H and O–H groups in total. The number of para-hydroxylation sites is 1. The lowest BCUT2D eigenvalue weighted by Gasteiger charge is -2.37. The third-order valence-corrected chi connectivity index (χ3v) is 4.70. The molecule has 0 amide bonds. The molecule has 2 aromatic carbocycles. The Hall–Kier alpha value is -1.77. The largest absolute Gasteiger partial charge is 0.459 e. The molecule has 2 nitrogen and oxygen atoms in total. The first-order valence-corrected chi connectivity index (χ1v) is 7.49. The summed E-state index contributed by atoms with van der Waals surface area (Å²) in [6.07, 6.45) is 0. The fourth-order valence-electron chi connectivity index (χ4n) is 3.24. The first-order valence-electron chi connectivity index (χ1n) is 7.12. The van der Waals surface area contributed by atoms with Crippen LogP contribution in [-0.2, 0) is 11.4 Å². The van der Waals surface area contributed by atoms with E-state index >= 15 is 0 Å². The summed E-state index contributed by atoms with van der Waals surface area (Å²) in [4.78, 5) is 1.62. The highest BCUT2D eigenvalue weighted by molar-refractivity contribution is 6.26. The summed E-state index contributed by atoms with van der Waals surface area (Å²) in [5.74, 6) is 0.823. The molecule has 3 aromatic rings. The highest BCUT2D eigenvalue weighted by atomic mass is 35.5. The summed E-state index contributed by atoms with van der Waals surface area (Å²) < 4.78 is 6.06. The number of furan rings is 1. The summed E-state index contributed by atoms with van der Waals surface area (Å²) in [6.45, 7) is 1.66. The molecule has 3 heteroatoms. The fraction of sp³-hybridized carbons (Fsp3) is 0.222. The van der Waals surface area contributed by atoms with Gasteiger partial charge in [-0.1, -0.05) is 42.5 Å². The zero-order valence-electron chi connectivity index (χ0n) is 11.8. The number of hydrogen-bond acceptors (Lipinski definition) is 2. The lowest BCUT2D eigenvalue weighted by Crippen LogP contribution is -2.40. The highest BCUT2D eigenvalue weighted by Crippen LogP contribution is 2.44. The summed E-state index contributed by atoms with van der Waals surface area (Å²) in [5, 5.41) is 1.10. The number of alkyl halides is 1. The van der Waals surface area contributed by atoms with Gasteiger partial charge in [-0.15, -0.1) is 11.6 Å². The van der Waals surface area contributed by atoms with Gasteiger partial charge in [-0.2, -0.15) is 0 Å². The van der Waals surface area contributed by atoms with E-state index in [1.807, 2.05) is 24.3 Å². The molecular weight excluding hydrogens is 282 g/mol. The quantitative estimate of drug-likeness (QED) is 0.621. The van der Waals surface area contributed by atoms with Crippen LogP contribution in [0.1, 0.15) is 16.9 Å². The first-order chi connectivity index (χ1) is 10.2. The average Bonchev–Trinajstić information content (AvgIpc) is 2.91. The van der Waals surface area contributed by atoms with Gasteiger partial charge in [0.25, 0.3) is 0 Å². The van der Waals surface area contributed by atoms with Crippen molar-refractivity contribution in [2.75, 3.05) is 13.6 Å². The van der Waals surface area contributed by atoms with Crippen LogP contribution in [-0.4, -0.2) is 18.5 Å². The number of benzene rings is 2. The third kappa shape index (κ3) is 1.98. The van der Waals surface area contributed by atoms with Crippen molar-refractivity contribution in [3.8, 4) is 0 Å². The van der Waals surface area contributed by atoms with Gasteiger partial charge in [-0.05, 0) is 30.3 Å². The molecule has 0 saturated heterocycles. The van der Waals surface area contributed by atoms with Gasteiger partial charge in [0.05, 0.1) is 0 Å². The minimum atomic E-state index is -0.622. The Morgan fingerprint density at radius 3 is 2.71 bits per heavy atom. The molecule has 1 aliphatic rings. The molecule has 0 fully saturated rings. The fourth-order valence-corrected chi connectivity index (χ4v) is 3.72. The second-order valence-electron chi connectivity index (χ2n) is 5.78. The van der Waals surface area contributed by atoms with E-state index in [4.69, 9.17) is 16.0 Å². The van der Waals surface area contributed by atoms with Crippen LogP contribution in [0.15, 0.2) is 59.0 Å². The van der Waals surface area contributed by atoms with E-state index in [1.54, 1.807) is 0 Å². The summed E-state index contributed by atoms with van der Waals surface area (Å²) in [7, 11) is 2.09. The van der Waals surface area contributed by atoms with Crippen molar-refractivity contribution in [3.05, 3.63) is 71.5 Å². The standard InChI is InChI=1S/C18H16ClNO/c1-20-11-14-7-2-4-8-15(14)18(19,12-20)17-10-13-6-3-5-9-16(13)21-17/h2-10H,11-12H2,1H3. The number of halogens is 1. The minimum absolute atomic E-state index is 0.622. The van der Waals surface area contributed by atoms with E-state index in [0.29, 0.717) is 0 Å². The molecule has 21 heavy (non-hydrogen) atoms. The van der Waals surface area contributed by atoms with Crippen molar-refractivity contribution in [2.24, 2.45) is 0 Å². The van der Waals surface area contributed by atoms with E-state index in [-0.39, 0.29) is 0 Å². The highest BCUT2D eigenvalue weighted by Gasteiger charge is 2.41. The van der Waals surface area contributed by atoms with Gasteiger partial charge in [-0.25, -0.2) is 0 Å². The maximum atomic E-state index is 7.06. The number of likely N-dealkylation sites (N-methyl/N-ethyl adjacent to an activating group) is 1. The lowest BCUT2D eigenvalue weighted by atomic mass is 9.87. The van der Waals surface area contributed by atoms with Crippen LogP contribution in [0.3, 0.4) is 0 Å². The second kappa shape index (κ2) is 4.62. The van der Waals surface area contributed by atoms with Crippen LogP contribution in [0, 0.1) is 0 Å². The smallest absolute Gasteiger partial charge is 0.140 e. The molecule has 1 aromatic heterocycles. The van der Waals surface area contributed by atoms with Crippen molar-refractivity contribution in [3.63, 3.8) is 0 Å². The zero-order chi connectivity index (χ0) is 14.4. The third-order valence-electron chi connectivity index (χ3n) is 4.19. The Morgan fingerprint density at radius 2 is 1.86 bits per heavy atom. The minimum Gasteiger partial charge on any atom is -0.459 e. The predicted molar refractivity (Wildman–Crippen MR) is 85.6 cm³/mol. The van der Waals surface area contributed by atoms with Gasteiger partial charge in [0, 0.05) is 18.5 Å². The van der Waals surface area contributed by atoms with Crippen LogP contribution < -0.4 is 0 Å². The van der Waals surface area contributed by atoms with Crippen molar-refractivity contribution >= 4 is 22.6 Å². The summed E-state index contributed by atoms with van der Waals surface area (Å²) >= 11 is 7.06. The van der Waals surface area contributed by atoms with Gasteiger partial charge >= 0.3 is 0 Å². The van der Waals surface area contributed by atoms with Gasteiger partial charge in [0.2, 0.25) is 0 Å². The molecule has 0 aliphatic carbocycles. The Balaban J connectivity index is 1.93. The van der Waals surface area contributed by atoms with Crippen LogP contribution in [0.2, 0.25) is 0 Å². The molecule has 1 atom stereocenters. The Morgan fingerprint density at radius 1 is 1.10 bits per heavy atom. The molecule has 1 unspecified atom stereocenters. The monoisotopic (exact) mass is 297 g/mol. The van der Waals surface area contributed by atoms with E-state index in [0.717, 1.165) is 35.4 Å². The normalized spacial score (nSPS) is 22.4.